The van der Waals surface area contributed by atoms with E-state index in [4.69, 9.17) is 0 Å². The number of benzene rings is 2. The maximum Gasteiger partial charge on any atom is 0.247 e. The van der Waals surface area contributed by atoms with E-state index < -0.39 is 21.5 Å². The predicted octanol–water partition coefficient (Wildman–Crippen LogP) is 3.10. The fourth-order valence-electron chi connectivity index (χ4n) is 4.77. The summed E-state index contributed by atoms with van der Waals surface area (Å²) >= 11 is 0. The van der Waals surface area contributed by atoms with Crippen LogP contribution in [-0.4, -0.2) is 49.2 Å². The molecule has 0 radical (unpaired) electrons. The first-order valence-corrected chi connectivity index (χ1v) is 13.0. The molecular weight excluding hydrogens is 438 g/mol. The molecule has 0 aromatic heterocycles. The minimum Gasteiger partial charge on any atom is -0.351 e. The number of aryl methyl sites for hydroxylation is 1. The summed E-state index contributed by atoms with van der Waals surface area (Å²) < 4.78 is 27.8. The third kappa shape index (κ3) is 4.54. The quantitative estimate of drug-likeness (QED) is 0.704. The second kappa shape index (κ2) is 9.27. The van der Waals surface area contributed by atoms with Crippen molar-refractivity contribution in [2.45, 2.75) is 62.4 Å². The first kappa shape index (κ1) is 23.4. The van der Waals surface area contributed by atoms with Gasteiger partial charge in [-0.3, -0.25) is 14.5 Å². The van der Waals surface area contributed by atoms with Crippen molar-refractivity contribution < 1.29 is 18.0 Å². The molecule has 2 aromatic carbocycles. The third-order valence-corrected chi connectivity index (χ3v) is 8.51. The van der Waals surface area contributed by atoms with E-state index in [0.29, 0.717) is 5.69 Å². The number of rotatable bonds is 6. The zero-order valence-corrected chi connectivity index (χ0v) is 20.0. The Kier molecular flexibility index (Phi) is 6.59. The zero-order valence-electron chi connectivity index (χ0n) is 19.2. The highest BCUT2D eigenvalue weighted by Gasteiger charge is 2.51. The van der Waals surface area contributed by atoms with Gasteiger partial charge in [-0.15, -0.1) is 0 Å². The molecule has 1 atom stereocenters. The summed E-state index contributed by atoms with van der Waals surface area (Å²) in [6.07, 6.45) is 4.76. The normalized spacial score (nSPS) is 22.5. The predicted molar refractivity (Wildman–Crippen MR) is 127 cm³/mol. The number of piperazine rings is 1. The molecule has 4 rings (SSSR count). The van der Waals surface area contributed by atoms with Crippen LogP contribution < -0.4 is 10.2 Å². The van der Waals surface area contributed by atoms with Gasteiger partial charge in [-0.05, 0) is 56.0 Å². The number of hydrogen-bond acceptors (Lipinski definition) is 4. The number of amides is 2. The van der Waals surface area contributed by atoms with Gasteiger partial charge in [0.2, 0.25) is 21.8 Å². The van der Waals surface area contributed by atoms with Crippen LogP contribution in [0.15, 0.2) is 59.5 Å². The number of hydrogen-bond donors (Lipinski definition) is 1. The van der Waals surface area contributed by atoms with E-state index in [0.717, 1.165) is 42.0 Å². The average Bonchev–Trinajstić information content (AvgIpc) is 3.32. The smallest absolute Gasteiger partial charge is 0.247 e. The number of sulfonamides is 1. The van der Waals surface area contributed by atoms with Gasteiger partial charge in [-0.25, -0.2) is 8.42 Å². The van der Waals surface area contributed by atoms with Crippen molar-refractivity contribution in [2.75, 3.05) is 18.0 Å². The van der Waals surface area contributed by atoms with E-state index in [9.17, 15) is 18.0 Å². The van der Waals surface area contributed by atoms with Crippen molar-refractivity contribution in [2.24, 2.45) is 0 Å². The molecule has 0 bridgehead atoms. The van der Waals surface area contributed by atoms with Gasteiger partial charge >= 0.3 is 0 Å². The summed E-state index contributed by atoms with van der Waals surface area (Å²) in [6, 6.07) is 15.6. The minimum absolute atomic E-state index is 0.0508. The van der Waals surface area contributed by atoms with E-state index in [1.165, 1.54) is 17.0 Å². The molecule has 1 aliphatic heterocycles. The van der Waals surface area contributed by atoms with Crippen LogP contribution in [0, 0.1) is 0 Å². The van der Waals surface area contributed by atoms with Crippen LogP contribution >= 0.6 is 0 Å². The Hall–Kier alpha value is -2.71. The standard InChI is InChI=1S/C25H31N3O4S/c1-3-19-13-15-21(16-14-19)28-23(29)17-27(33(31,32)22-11-5-4-6-12-22)18-25(28,2)24(30)26-20-9-7-8-10-20/h4-6,11-16,20H,3,7-10,17-18H2,1-2H3,(H,26,30). The average molecular weight is 470 g/mol. The van der Waals surface area contributed by atoms with Crippen LogP contribution in [0.25, 0.3) is 0 Å². The summed E-state index contributed by atoms with van der Waals surface area (Å²) in [5.41, 5.74) is 0.333. The molecule has 1 aliphatic carbocycles. The maximum absolute atomic E-state index is 13.6. The fourth-order valence-corrected chi connectivity index (χ4v) is 6.27. The van der Waals surface area contributed by atoms with Crippen molar-refractivity contribution in [3.05, 3.63) is 60.2 Å². The van der Waals surface area contributed by atoms with Crippen LogP contribution in [0.3, 0.4) is 0 Å². The lowest BCUT2D eigenvalue weighted by Gasteiger charge is -2.47. The van der Waals surface area contributed by atoms with E-state index in [-0.39, 0.29) is 29.9 Å². The van der Waals surface area contributed by atoms with Gasteiger partial charge < -0.3 is 5.32 Å². The van der Waals surface area contributed by atoms with Crippen LogP contribution in [0.1, 0.15) is 45.1 Å². The Morgan fingerprint density at radius 2 is 1.70 bits per heavy atom. The van der Waals surface area contributed by atoms with E-state index in [1.807, 2.05) is 31.2 Å². The SMILES string of the molecule is CCc1ccc(N2C(=O)CN(S(=O)(=O)c3ccccc3)CC2(C)C(=O)NC2CCCC2)cc1. The molecule has 1 N–H and O–H groups in total. The Labute approximate surface area is 195 Å². The number of nitrogens with zero attached hydrogens (tertiary/aromatic N) is 2. The van der Waals surface area contributed by atoms with Gasteiger partial charge in [-0.1, -0.05) is 50.1 Å². The first-order chi connectivity index (χ1) is 15.8. The molecule has 176 valence electrons. The molecule has 2 fully saturated rings. The fraction of sp³-hybridized carbons (Fsp3) is 0.440. The van der Waals surface area contributed by atoms with Crippen molar-refractivity contribution in [3.8, 4) is 0 Å². The van der Waals surface area contributed by atoms with Gasteiger partial charge in [0.05, 0.1) is 11.4 Å². The monoisotopic (exact) mass is 469 g/mol. The van der Waals surface area contributed by atoms with Crippen LogP contribution in [0.4, 0.5) is 5.69 Å². The molecule has 0 spiro atoms. The largest absolute Gasteiger partial charge is 0.351 e. The Balaban J connectivity index is 1.72. The molecule has 1 saturated carbocycles. The second-order valence-corrected chi connectivity index (χ2v) is 11.0. The molecule has 2 aromatic rings. The molecule has 2 amide bonds. The molecule has 8 heteroatoms. The first-order valence-electron chi connectivity index (χ1n) is 11.5. The summed E-state index contributed by atoms with van der Waals surface area (Å²) in [5, 5.41) is 3.09. The molecular formula is C25H31N3O4S. The second-order valence-electron chi connectivity index (χ2n) is 9.06. The molecule has 1 unspecified atom stereocenters. The number of nitrogens with one attached hydrogen (secondary N) is 1. The summed E-state index contributed by atoms with van der Waals surface area (Å²) in [5.74, 6) is -0.746. The summed E-state index contributed by atoms with van der Waals surface area (Å²) in [6.45, 7) is 3.27. The van der Waals surface area contributed by atoms with Gasteiger partial charge in [0.15, 0.2) is 0 Å². The maximum atomic E-state index is 13.6. The Bertz CT molecular complexity index is 1110. The van der Waals surface area contributed by atoms with Crippen molar-refractivity contribution in [1.29, 1.82) is 0 Å². The molecule has 7 nitrogen and oxygen atoms in total. The van der Waals surface area contributed by atoms with Gasteiger partial charge in [0.1, 0.15) is 5.54 Å². The van der Waals surface area contributed by atoms with E-state index in [2.05, 4.69) is 5.32 Å². The Morgan fingerprint density at radius 3 is 2.30 bits per heavy atom. The summed E-state index contributed by atoms with van der Waals surface area (Å²) in [4.78, 5) is 28.6. The van der Waals surface area contributed by atoms with Gasteiger partial charge in [-0.2, -0.15) is 4.31 Å². The Morgan fingerprint density at radius 1 is 1.06 bits per heavy atom. The third-order valence-electron chi connectivity index (χ3n) is 6.70. The van der Waals surface area contributed by atoms with E-state index in [1.54, 1.807) is 25.1 Å². The van der Waals surface area contributed by atoms with Gasteiger partial charge in [0, 0.05) is 18.3 Å². The minimum atomic E-state index is -3.94. The highest BCUT2D eigenvalue weighted by Crippen LogP contribution is 2.33. The van der Waals surface area contributed by atoms with Crippen molar-refractivity contribution >= 4 is 27.5 Å². The van der Waals surface area contributed by atoms with Crippen molar-refractivity contribution in [3.63, 3.8) is 0 Å². The number of carbonyl (C=O) groups is 2. The number of anilines is 1. The lowest BCUT2D eigenvalue weighted by atomic mass is 9.93. The van der Waals surface area contributed by atoms with E-state index >= 15 is 0 Å². The number of carbonyl (C=O) groups excluding carboxylic acids is 2. The lowest BCUT2D eigenvalue weighted by molar-refractivity contribution is -0.133. The zero-order chi connectivity index (χ0) is 23.6. The van der Waals surface area contributed by atoms with Crippen LogP contribution in [0.5, 0.6) is 0 Å². The molecule has 1 heterocycles. The molecule has 1 saturated heterocycles. The van der Waals surface area contributed by atoms with Crippen LogP contribution in [-0.2, 0) is 26.0 Å². The van der Waals surface area contributed by atoms with Crippen molar-refractivity contribution in [1.82, 2.24) is 9.62 Å². The lowest BCUT2D eigenvalue weighted by Crippen LogP contribution is -2.70. The molecule has 2 aliphatic rings. The summed E-state index contributed by atoms with van der Waals surface area (Å²) in [7, 11) is -3.94. The van der Waals surface area contributed by atoms with Crippen LogP contribution in [0.2, 0.25) is 0 Å². The highest BCUT2D eigenvalue weighted by molar-refractivity contribution is 7.89. The molecule has 33 heavy (non-hydrogen) atoms. The van der Waals surface area contributed by atoms with Gasteiger partial charge in [0.25, 0.3) is 0 Å². The topological polar surface area (TPSA) is 86.8 Å². The highest BCUT2D eigenvalue weighted by atomic mass is 32.2.